The fraction of sp³-hybridized carbons (Fsp3) is 0.800. The van der Waals surface area contributed by atoms with Crippen molar-refractivity contribution in [3.63, 3.8) is 0 Å². The number of carboxylic acids is 1. The molecule has 14 heavy (non-hydrogen) atoms. The summed E-state index contributed by atoms with van der Waals surface area (Å²) in [5, 5.41) is 9.03. The summed E-state index contributed by atoms with van der Waals surface area (Å²) < 4.78 is 0. The van der Waals surface area contributed by atoms with E-state index in [0.29, 0.717) is 11.7 Å². The standard InChI is InChI=1S/C10H16O3S/c1-7(11)14-6-9(10(12)13)8-4-2-3-5-8/h8-9H,2-6H2,1H3,(H,12,13). The van der Waals surface area contributed by atoms with E-state index in [1.807, 2.05) is 0 Å². The Morgan fingerprint density at radius 1 is 1.43 bits per heavy atom. The quantitative estimate of drug-likeness (QED) is 0.782. The van der Waals surface area contributed by atoms with Crippen molar-refractivity contribution in [1.29, 1.82) is 0 Å². The van der Waals surface area contributed by atoms with Crippen molar-refractivity contribution < 1.29 is 14.7 Å². The van der Waals surface area contributed by atoms with Crippen LogP contribution in [0, 0.1) is 11.8 Å². The van der Waals surface area contributed by atoms with Gasteiger partial charge in [-0.25, -0.2) is 0 Å². The van der Waals surface area contributed by atoms with E-state index >= 15 is 0 Å². The Morgan fingerprint density at radius 2 is 2.00 bits per heavy atom. The smallest absolute Gasteiger partial charge is 0.307 e. The maximum Gasteiger partial charge on any atom is 0.307 e. The Balaban J connectivity index is 2.45. The third-order valence-electron chi connectivity index (χ3n) is 2.75. The molecule has 1 N–H and O–H groups in total. The van der Waals surface area contributed by atoms with Gasteiger partial charge in [-0.05, 0) is 18.8 Å². The van der Waals surface area contributed by atoms with E-state index in [2.05, 4.69) is 0 Å². The maximum absolute atomic E-state index is 11.0. The van der Waals surface area contributed by atoms with Crippen molar-refractivity contribution >= 4 is 22.8 Å². The fourth-order valence-corrected chi connectivity index (χ4v) is 2.80. The number of aliphatic carboxylic acids is 1. The molecule has 1 aliphatic carbocycles. The van der Waals surface area contributed by atoms with Crippen LogP contribution < -0.4 is 0 Å². The van der Waals surface area contributed by atoms with Crippen LogP contribution in [0.25, 0.3) is 0 Å². The molecule has 80 valence electrons. The van der Waals surface area contributed by atoms with Gasteiger partial charge >= 0.3 is 5.97 Å². The van der Waals surface area contributed by atoms with Gasteiger partial charge < -0.3 is 5.11 Å². The SMILES string of the molecule is CC(=O)SCC(C(=O)O)C1CCCC1. The van der Waals surface area contributed by atoms with Crippen molar-refractivity contribution in [2.75, 3.05) is 5.75 Å². The number of rotatable bonds is 4. The molecule has 0 radical (unpaired) electrons. The molecule has 1 saturated carbocycles. The molecule has 0 aliphatic heterocycles. The van der Waals surface area contributed by atoms with Gasteiger partial charge in [-0.1, -0.05) is 24.6 Å². The lowest BCUT2D eigenvalue weighted by Crippen LogP contribution is -2.24. The van der Waals surface area contributed by atoms with Crippen LogP contribution in [0.1, 0.15) is 32.6 Å². The van der Waals surface area contributed by atoms with Crippen molar-refractivity contribution in [1.82, 2.24) is 0 Å². The number of carbonyl (C=O) groups is 2. The highest BCUT2D eigenvalue weighted by Crippen LogP contribution is 2.33. The summed E-state index contributed by atoms with van der Waals surface area (Å²) in [5.41, 5.74) is 0. The van der Waals surface area contributed by atoms with Crippen molar-refractivity contribution in [3.8, 4) is 0 Å². The first-order valence-corrected chi connectivity index (χ1v) is 5.96. The molecule has 1 unspecified atom stereocenters. The van der Waals surface area contributed by atoms with Crippen molar-refractivity contribution in [2.45, 2.75) is 32.6 Å². The molecular weight excluding hydrogens is 200 g/mol. The van der Waals surface area contributed by atoms with Crippen LogP contribution in [0.5, 0.6) is 0 Å². The van der Waals surface area contributed by atoms with E-state index in [0.717, 1.165) is 37.4 Å². The van der Waals surface area contributed by atoms with Crippen molar-refractivity contribution in [3.05, 3.63) is 0 Å². The molecular formula is C10H16O3S. The van der Waals surface area contributed by atoms with E-state index < -0.39 is 5.97 Å². The van der Waals surface area contributed by atoms with Gasteiger partial charge in [0.1, 0.15) is 0 Å². The molecule has 0 aromatic heterocycles. The van der Waals surface area contributed by atoms with Crippen LogP contribution in [0.2, 0.25) is 0 Å². The van der Waals surface area contributed by atoms with Crippen LogP contribution in [-0.4, -0.2) is 21.9 Å². The third kappa shape index (κ3) is 3.33. The van der Waals surface area contributed by atoms with E-state index in [1.165, 1.54) is 6.92 Å². The van der Waals surface area contributed by atoms with Gasteiger partial charge in [-0.15, -0.1) is 0 Å². The predicted molar refractivity (Wildman–Crippen MR) is 56.2 cm³/mol. The molecule has 0 spiro atoms. The highest BCUT2D eigenvalue weighted by molar-refractivity contribution is 8.13. The normalized spacial score (nSPS) is 19.5. The molecule has 1 rings (SSSR count). The van der Waals surface area contributed by atoms with E-state index in [-0.39, 0.29) is 11.0 Å². The van der Waals surface area contributed by atoms with Gasteiger partial charge in [0.15, 0.2) is 5.12 Å². The average molecular weight is 216 g/mol. The number of hydrogen-bond acceptors (Lipinski definition) is 3. The second-order valence-corrected chi connectivity index (χ2v) is 4.99. The van der Waals surface area contributed by atoms with Gasteiger partial charge in [0.2, 0.25) is 0 Å². The van der Waals surface area contributed by atoms with E-state index in [4.69, 9.17) is 5.11 Å². The van der Waals surface area contributed by atoms with Gasteiger partial charge in [-0.2, -0.15) is 0 Å². The minimum Gasteiger partial charge on any atom is -0.481 e. The fourth-order valence-electron chi connectivity index (χ4n) is 1.98. The molecule has 0 heterocycles. The van der Waals surface area contributed by atoms with Crippen LogP contribution in [-0.2, 0) is 9.59 Å². The second kappa shape index (κ2) is 5.39. The first-order valence-electron chi connectivity index (χ1n) is 4.97. The minimum absolute atomic E-state index is 0.00856. The molecule has 1 aliphatic rings. The molecule has 4 heteroatoms. The predicted octanol–water partition coefficient (Wildman–Crippen LogP) is 2.16. The zero-order chi connectivity index (χ0) is 10.6. The molecule has 0 bridgehead atoms. The summed E-state index contributed by atoms with van der Waals surface area (Å²) in [6.45, 7) is 1.48. The number of carbonyl (C=O) groups excluding carboxylic acids is 1. The van der Waals surface area contributed by atoms with E-state index in [1.54, 1.807) is 0 Å². The summed E-state index contributed by atoms with van der Waals surface area (Å²) in [6.07, 6.45) is 4.29. The third-order valence-corrected chi connectivity index (χ3v) is 3.68. The number of carboxylic acid groups (broad SMARTS) is 1. The summed E-state index contributed by atoms with van der Waals surface area (Å²) in [5.74, 6) is -0.341. The Morgan fingerprint density at radius 3 is 2.43 bits per heavy atom. The Labute approximate surface area is 88.3 Å². The molecule has 0 aromatic rings. The van der Waals surface area contributed by atoms with E-state index in [9.17, 15) is 9.59 Å². The van der Waals surface area contributed by atoms with Crippen LogP contribution in [0.15, 0.2) is 0 Å². The topological polar surface area (TPSA) is 54.4 Å². The Bertz CT molecular complexity index is 221. The lowest BCUT2D eigenvalue weighted by atomic mass is 9.93. The van der Waals surface area contributed by atoms with Gasteiger partial charge in [-0.3, -0.25) is 9.59 Å². The Kier molecular flexibility index (Phi) is 4.45. The molecule has 0 saturated heterocycles. The minimum atomic E-state index is -0.745. The molecule has 1 atom stereocenters. The number of hydrogen-bond donors (Lipinski definition) is 1. The molecule has 3 nitrogen and oxygen atoms in total. The van der Waals surface area contributed by atoms with Gasteiger partial charge in [0.05, 0.1) is 5.92 Å². The van der Waals surface area contributed by atoms with Gasteiger partial charge in [0.25, 0.3) is 0 Å². The highest BCUT2D eigenvalue weighted by atomic mass is 32.2. The van der Waals surface area contributed by atoms with Crippen molar-refractivity contribution in [2.24, 2.45) is 11.8 Å². The largest absolute Gasteiger partial charge is 0.481 e. The molecule has 0 amide bonds. The zero-order valence-electron chi connectivity index (χ0n) is 8.36. The summed E-state index contributed by atoms with van der Waals surface area (Å²) in [4.78, 5) is 21.7. The maximum atomic E-state index is 11.0. The average Bonchev–Trinajstić information content (AvgIpc) is 2.56. The van der Waals surface area contributed by atoms with Gasteiger partial charge in [0, 0.05) is 12.7 Å². The zero-order valence-corrected chi connectivity index (χ0v) is 9.18. The highest BCUT2D eigenvalue weighted by Gasteiger charge is 2.30. The lowest BCUT2D eigenvalue weighted by Gasteiger charge is -2.17. The summed E-state index contributed by atoms with van der Waals surface area (Å²) in [7, 11) is 0. The second-order valence-electron chi connectivity index (χ2n) is 3.79. The van der Waals surface area contributed by atoms with Crippen LogP contribution in [0.4, 0.5) is 0 Å². The first-order chi connectivity index (χ1) is 6.61. The summed E-state index contributed by atoms with van der Waals surface area (Å²) >= 11 is 1.13. The van der Waals surface area contributed by atoms with Crippen LogP contribution in [0.3, 0.4) is 0 Å². The van der Waals surface area contributed by atoms with Crippen LogP contribution >= 0.6 is 11.8 Å². The summed E-state index contributed by atoms with van der Waals surface area (Å²) in [6, 6.07) is 0. The molecule has 0 aromatic carbocycles. The molecule has 1 fully saturated rings. The number of thioether (sulfide) groups is 1. The lowest BCUT2D eigenvalue weighted by molar-refractivity contribution is -0.142. The Hall–Kier alpha value is -0.510. The first kappa shape index (κ1) is 11.6. The monoisotopic (exact) mass is 216 g/mol.